The number of nitrogens with zero attached hydrogens (tertiary/aromatic N) is 2. The molecule has 0 spiro atoms. The molecule has 0 bridgehead atoms. The van der Waals surface area contributed by atoms with E-state index in [-0.39, 0.29) is 17.1 Å². The maximum atomic E-state index is 15.3. The predicted octanol–water partition coefficient (Wildman–Crippen LogP) is 4.99. The van der Waals surface area contributed by atoms with Gasteiger partial charge in [-0.25, -0.2) is 18.2 Å². The Morgan fingerprint density at radius 3 is 2.58 bits per heavy atom. The summed E-state index contributed by atoms with van der Waals surface area (Å²) in [5.74, 6) is -3.97. The standard InChI is InChI=1S/C20H17ClF3N5O2S2/c1-8(30)17(25)10-7-27-19(16(24)18(10)26)14-11(22)3-4-12(15(14)23)29-33(32)13-5-9(21)6-28-20(13)31-2/h3-7,25,29,32-33H,1-2H3,(H2,26,27). The summed E-state index contributed by atoms with van der Waals surface area (Å²) >= 11 is 10.4. The average Bonchev–Trinajstić information content (AvgIpc) is 2.78. The number of hydrogen-bond acceptors (Lipinski definition) is 8. The number of halogens is 4. The molecule has 0 aliphatic carbocycles. The fourth-order valence-electron chi connectivity index (χ4n) is 2.82. The highest BCUT2D eigenvalue weighted by molar-refractivity contribution is 8.78. The number of pyridine rings is 2. The first-order valence-corrected chi connectivity index (χ1v) is 11.9. The monoisotopic (exact) mass is 515 g/mol. The molecule has 2 aromatic heterocycles. The Balaban J connectivity index is 2.06. The van der Waals surface area contributed by atoms with Gasteiger partial charge in [0.1, 0.15) is 17.2 Å². The highest BCUT2D eigenvalue weighted by Crippen LogP contribution is 2.47. The molecule has 0 aliphatic heterocycles. The van der Waals surface area contributed by atoms with Gasteiger partial charge >= 0.3 is 0 Å². The van der Waals surface area contributed by atoms with Crippen LogP contribution in [0.2, 0.25) is 5.02 Å². The van der Waals surface area contributed by atoms with Crippen molar-refractivity contribution in [1.29, 1.82) is 5.41 Å². The van der Waals surface area contributed by atoms with Crippen molar-refractivity contribution < 1.29 is 22.7 Å². The SMILES string of the molecule is COc1ncc(Cl)cc1[SH](S)Nc1ccc(F)c(-c2ncc(C(=N)C(C)=O)c(N)c2F)c1F. The number of anilines is 2. The van der Waals surface area contributed by atoms with Gasteiger partial charge in [0.25, 0.3) is 0 Å². The van der Waals surface area contributed by atoms with Gasteiger partial charge in [-0.1, -0.05) is 11.6 Å². The number of aromatic nitrogens is 2. The summed E-state index contributed by atoms with van der Waals surface area (Å²) in [5, 5.41) is 8.00. The molecule has 1 aromatic carbocycles. The van der Waals surface area contributed by atoms with Gasteiger partial charge in [-0.3, -0.25) is 15.2 Å². The van der Waals surface area contributed by atoms with Crippen LogP contribution in [0.1, 0.15) is 12.5 Å². The Bertz CT molecular complexity index is 1280. The maximum absolute atomic E-state index is 15.3. The lowest BCUT2D eigenvalue weighted by Crippen LogP contribution is -2.15. The van der Waals surface area contributed by atoms with Gasteiger partial charge in [0.15, 0.2) is 17.4 Å². The summed E-state index contributed by atoms with van der Waals surface area (Å²) in [7, 11) is -0.241. The van der Waals surface area contributed by atoms with Gasteiger partial charge in [0.2, 0.25) is 5.88 Å². The van der Waals surface area contributed by atoms with Crippen molar-refractivity contribution in [2.75, 3.05) is 17.6 Å². The first-order chi connectivity index (χ1) is 15.6. The third-order valence-electron chi connectivity index (χ3n) is 4.45. The normalized spacial score (nSPS) is 12.3. The van der Waals surface area contributed by atoms with Crippen molar-refractivity contribution in [2.45, 2.75) is 11.8 Å². The van der Waals surface area contributed by atoms with E-state index in [1.807, 2.05) is 0 Å². The Kier molecular flexibility index (Phi) is 7.40. The topological polar surface area (TPSA) is 114 Å². The Hall–Kier alpha value is -2.96. The molecule has 13 heteroatoms. The van der Waals surface area contributed by atoms with Gasteiger partial charge in [0, 0.05) is 24.9 Å². The summed E-state index contributed by atoms with van der Waals surface area (Å²) in [5.41, 5.74) is 2.52. The number of nitrogen functional groups attached to an aromatic ring is 1. The molecule has 0 saturated carbocycles. The average molecular weight is 516 g/mol. The van der Waals surface area contributed by atoms with E-state index in [0.29, 0.717) is 9.92 Å². The van der Waals surface area contributed by atoms with Crippen LogP contribution in [0.5, 0.6) is 5.88 Å². The number of ether oxygens (including phenoxy) is 1. The first kappa shape index (κ1) is 24.7. The molecule has 174 valence electrons. The lowest BCUT2D eigenvalue weighted by Gasteiger charge is -2.21. The molecule has 1 unspecified atom stereocenters. The zero-order valence-corrected chi connectivity index (χ0v) is 19.6. The van der Waals surface area contributed by atoms with Crippen LogP contribution >= 0.6 is 33.4 Å². The molecule has 1 atom stereocenters. The second kappa shape index (κ2) is 9.89. The highest BCUT2D eigenvalue weighted by atomic mass is 35.5. The summed E-state index contributed by atoms with van der Waals surface area (Å²) in [4.78, 5) is 19.6. The molecule has 0 fully saturated rings. The summed E-state index contributed by atoms with van der Waals surface area (Å²) < 4.78 is 52.8. The molecule has 33 heavy (non-hydrogen) atoms. The van der Waals surface area contributed by atoms with Gasteiger partial charge in [-0.15, -0.1) is 21.8 Å². The molecule has 7 nitrogen and oxygen atoms in total. The zero-order valence-electron chi connectivity index (χ0n) is 17.1. The molecular formula is C20H17ClF3N5O2S2. The van der Waals surface area contributed by atoms with Gasteiger partial charge in [-0.05, 0) is 18.2 Å². The van der Waals surface area contributed by atoms with E-state index in [0.717, 1.165) is 25.3 Å². The highest BCUT2D eigenvalue weighted by Gasteiger charge is 2.25. The third-order valence-corrected chi connectivity index (χ3v) is 6.84. The number of Topliss-reactive ketones (excluding diaryl/α,β-unsaturated/α-hetero) is 1. The molecule has 0 aliphatic rings. The van der Waals surface area contributed by atoms with Crippen molar-refractivity contribution in [3.8, 4) is 17.1 Å². The van der Waals surface area contributed by atoms with Gasteiger partial charge in [-0.2, -0.15) is 0 Å². The maximum Gasteiger partial charge on any atom is 0.227 e. The van der Waals surface area contributed by atoms with E-state index in [9.17, 15) is 13.6 Å². The summed E-state index contributed by atoms with van der Waals surface area (Å²) in [6, 6.07) is 3.57. The predicted molar refractivity (Wildman–Crippen MR) is 127 cm³/mol. The van der Waals surface area contributed by atoms with E-state index in [4.69, 9.17) is 27.5 Å². The summed E-state index contributed by atoms with van der Waals surface area (Å²) in [6.07, 6.45) is 2.29. The number of methoxy groups -OCH3 is 1. The number of nitrogens with one attached hydrogen (secondary N) is 2. The number of nitrogens with two attached hydrogens (primary N) is 1. The fraction of sp³-hybridized carbons (Fsp3) is 0.100. The second-order valence-corrected chi connectivity index (χ2v) is 9.53. The van der Waals surface area contributed by atoms with Crippen molar-refractivity contribution in [1.82, 2.24) is 9.97 Å². The number of carbonyl (C=O) groups is 1. The van der Waals surface area contributed by atoms with Crippen LogP contribution in [0.15, 0.2) is 35.5 Å². The number of rotatable bonds is 7. The molecule has 3 aromatic rings. The molecule has 3 rings (SSSR count). The first-order valence-electron chi connectivity index (χ1n) is 9.04. The molecule has 0 saturated heterocycles. The number of benzene rings is 1. The zero-order chi connectivity index (χ0) is 24.4. The lowest BCUT2D eigenvalue weighted by atomic mass is 10.0. The van der Waals surface area contributed by atoms with E-state index in [2.05, 4.69) is 26.4 Å². The van der Waals surface area contributed by atoms with Crippen LogP contribution in [0.3, 0.4) is 0 Å². The third kappa shape index (κ3) is 4.87. The Morgan fingerprint density at radius 1 is 1.24 bits per heavy atom. The van der Waals surface area contributed by atoms with Crippen LogP contribution in [0.4, 0.5) is 24.5 Å². The van der Waals surface area contributed by atoms with Crippen molar-refractivity contribution in [2.24, 2.45) is 0 Å². The molecule has 0 amide bonds. The van der Waals surface area contributed by atoms with Crippen LogP contribution in [0, 0.1) is 22.9 Å². The minimum Gasteiger partial charge on any atom is -0.480 e. The van der Waals surface area contributed by atoms with Gasteiger partial charge < -0.3 is 15.2 Å². The van der Waals surface area contributed by atoms with Crippen LogP contribution in [0.25, 0.3) is 11.3 Å². The van der Waals surface area contributed by atoms with Gasteiger partial charge in [0.05, 0.1) is 34.0 Å². The largest absolute Gasteiger partial charge is 0.480 e. The second-order valence-electron chi connectivity index (χ2n) is 6.57. The van der Waals surface area contributed by atoms with E-state index in [1.54, 1.807) is 0 Å². The number of carbonyl (C=O) groups excluding carboxylic acids is 1. The minimum absolute atomic E-state index is 0.199. The number of thiol groups is 2. The van der Waals surface area contributed by atoms with E-state index < -0.39 is 56.0 Å². The van der Waals surface area contributed by atoms with E-state index in [1.165, 1.54) is 19.4 Å². The fourth-order valence-corrected chi connectivity index (χ4v) is 4.92. The number of ketones is 1. The smallest absolute Gasteiger partial charge is 0.227 e. The minimum atomic E-state index is -1.63. The number of hydrogen-bond donors (Lipinski definition) is 5. The van der Waals surface area contributed by atoms with Crippen LogP contribution in [-0.2, 0) is 4.79 Å². The summed E-state index contributed by atoms with van der Waals surface area (Å²) in [6.45, 7) is 1.10. The van der Waals surface area contributed by atoms with Crippen molar-refractivity contribution >= 4 is 56.2 Å². The lowest BCUT2D eigenvalue weighted by molar-refractivity contribution is -0.111. The molecule has 0 radical (unpaired) electrons. The quantitative estimate of drug-likeness (QED) is 0.172. The van der Waals surface area contributed by atoms with Crippen LogP contribution in [-0.4, -0.2) is 28.6 Å². The van der Waals surface area contributed by atoms with Crippen molar-refractivity contribution in [3.63, 3.8) is 0 Å². The van der Waals surface area contributed by atoms with E-state index >= 15 is 4.39 Å². The molecule has 2 heterocycles. The molecule has 4 N–H and O–H groups in total. The molecular weight excluding hydrogens is 499 g/mol. The Labute approximate surface area is 199 Å². The Morgan fingerprint density at radius 2 is 1.94 bits per heavy atom. The van der Waals surface area contributed by atoms with Crippen molar-refractivity contribution in [3.05, 3.63) is 58.6 Å². The van der Waals surface area contributed by atoms with Crippen LogP contribution < -0.4 is 15.2 Å².